The highest BCUT2D eigenvalue weighted by Crippen LogP contribution is 2.30. The van der Waals surface area contributed by atoms with E-state index in [2.05, 4.69) is 15.2 Å². The maximum Gasteiger partial charge on any atom is 0.433 e. The Morgan fingerprint density at radius 3 is 2.33 bits per heavy atom. The number of rotatable bonds is 2. The Balaban J connectivity index is 1.96. The molecule has 0 atom stereocenters. The average molecular weight is 289 g/mol. The smallest absolute Gasteiger partial charge is 0.278 e. The molecule has 2 heterocycles. The van der Waals surface area contributed by atoms with Crippen molar-refractivity contribution in [1.82, 2.24) is 15.2 Å². The van der Waals surface area contributed by atoms with Gasteiger partial charge in [0.2, 0.25) is 0 Å². The minimum absolute atomic E-state index is 0.629. The lowest BCUT2D eigenvalue weighted by Crippen LogP contribution is -2.07. The summed E-state index contributed by atoms with van der Waals surface area (Å²) in [6.45, 7) is 0. The third kappa shape index (κ3) is 2.79. The molecule has 0 aliphatic carbocycles. The number of aromatic nitrogens is 3. The van der Waals surface area contributed by atoms with Gasteiger partial charge in [0, 0.05) is 23.5 Å². The molecule has 3 nitrogen and oxygen atoms in total. The molecule has 0 fully saturated rings. The van der Waals surface area contributed by atoms with Crippen molar-refractivity contribution in [3.8, 4) is 22.4 Å². The fourth-order valence-corrected chi connectivity index (χ4v) is 2.02. The van der Waals surface area contributed by atoms with Crippen LogP contribution in [0, 0.1) is 0 Å². The van der Waals surface area contributed by atoms with Gasteiger partial charge in [-0.25, -0.2) is 0 Å². The van der Waals surface area contributed by atoms with E-state index in [9.17, 15) is 13.2 Å². The molecule has 0 spiro atoms. The van der Waals surface area contributed by atoms with Gasteiger partial charge in [-0.2, -0.15) is 18.3 Å². The molecule has 3 aromatic rings. The van der Waals surface area contributed by atoms with Gasteiger partial charge >= 0.3 is 6.18 Å². The lowest BCUT2D eigenvalue weighted by molar-refractivity contribution is -0.141. The van der Waals surface area contributed by atoms with Gasteiger partial charge in [-0.3, -0.25) is 10.1 Å². The number of nitrogens with one attached hydrogen (secondary N) is 1. The standard InChI is InChI=1S/C15H10F3N3/c16-15(17,18)14-5-4-12(9-19-14)10-2-1-3-11(8-10)13-6-7-20-21-13/h1-9H,(H,20,21). The van der Waals surface area contributed by atoms with Gasteiger partial charge in [-0.05, 0) is 23.8 Å². The normalized spacial score (nSPS) is 11.6. The monoisotopic (exact) mass is 289 g/mol. The predicted octanol–water partition coefficient (Wildman–Crippen LogP) is 4.16. The number of nitrogens with zero attached hydrogens (tertiary/aromatic N) is 2. The second-order valence-electron chi connectivity index (χ2n) is 4.48. The largest absolute Gasteiger partial charge is 0.433 e. The van der Waals surface area contributed by atoms with Crippen LogP contribution in [0.4, 0.5) is 13.2 Å². The number of hydrogen-bond acceptors (Lipinski definition) is 2. The number of hydrogen-bond donors (Lipinski definition) is 1. The van der Waals surface area contributed by atoms with Crippen LogP contribution in [0.3, 0.4) is 0 Å². The van der Waals surface area contributed by atoms with E-state index in [0.717, 1.165) is 22.9 Å². The maximum atomic E-state index is 12.5. The second kappa shape index (κ2) is 5.05. The summed E-state index contributed by atoms with van der Waals surface area (Å²) in [5.74, 6) is 0. The van der Waals surface area contributed by atoms with E-state index in [1.807, 2.05) is 30.3 Å². The number of H-pyrrole nitrogens is 1. The van der Waals surface area contributed by atoms with Gasteiger partial charge in [-0.1, -0.05) is 24.3 Å². The topological polar surface area (TPSA) is 41.6 Å². The van der Waals surface area contributed by atoms with Gasteiger partial charge in [-0.15, -0.1) is 0 Å². The van der Waals surface area contributed by atoms with Crippen LogP contribution < -0.4 is 0 Å². The Labute approximate surface area is 118 Å². The van der Waals surface area contributed by atoms with Crippen molar-refractivity contribution in [2.45, 2.75) is 6.18 Å². The first-order chi connectivity index (χ1) is 10.0. The van der Waals surface area contributed by atoms with Crippen molar-refractivity contribution < 1.29 is 13.2 Å². The van der Waals surface area contributed by atoms with E-state index < -0.39 is 11.9 Å². The van der Waals surface area contributed by atoms with E-state index in [1.54, 1.807) is 6.20 Å². The van der Waals surface area contributed by atoms with E-state index in [-0.39, 0.29) is 0 Å². The van der Waals surface area contributed by atoms with Crippen LogP contribution >= 0.6 is 0 Å². The fraction of sp³-hybridized carbons (Fsp3) is 0.0667. The van der Waals surface area contributed by atoms with E-state index in [0.29, 0.717) is 5.56 Å². The van der Waals surface area contributed by atoms with Gasteiger partial charge < -0.3 is 0 Å². The quantitative estimate of drug-likeness (QED) is 0.769. The number of pyridine rings is 1. The van der Waals surface area contributed by atoms with Crippen molar-refractivity contribution in [3.63, 3.8) is 0 Å². The van der Waals surface area contributed by atoms with E-state index in [1.165, 1.54) is 12.3 Å². The molecule has 0 saturated carbocycles. The predicted molar refractivity (Wildman–Crippen MR) is 72.3 cm³/mol. The minimum atomic E-state index is -4.42. The number of aromatic amines is 1. The highest BCUT2D eigenvalue weighted by molar-refractivity contribution is 5.70. The van der Waals surface area contributed by atoms with Gasteiger partial charge in [0.05, 0.1) is 5.69 Å². The summed E-state index contributed by atoms with van der Waals surface area (Å²) in [5.41, 5.74) is 2.28. The van der Waals surface area contributed by atoms with Crippen molar-refractivity contribution >= 4 is 0 Å². The zero-order chi connectivity index (χ0) is 14.9. The highest BCUT2D eigenvalue weighted by atomic mass is 19.4. The van der Waals surface area contributed by atoms with Crippen molar-refractivity contribution in [2.24, 2.45) is 0 Å². The van der Waals surface area contributed by atoms with Crippen LogP contribution in [0.15, 0.2) is 54.9 Å². The first-order valence-electron chi connectivity index (χ1n) is 6.17. The van der Waals surface area contributed by atoms with Crippen LogP contribution in [-0.4, -0.2) is 15.2 Å². The van der Waals surface area contributed by atoms with Crippen LogP contribution in [-0.2, 0) is 6.18 Å². The van der Waals surface area contributed by atoms with Crippen LogP contribution in [0.2, 0.25) is 0 Å². The molecule has 21 heavy (non-hydrogen) atoms. The first kappa shape index (κ1) is 13.4. The molecule has 0 radical (unpaired) electrons. The summed E-state index contributed by atoms with van der Waals surface area (Å²) in [5, 5.41) is 6.72. The Kier molecular flexibility index (Phi) is 3.21. The molecular formula is C15H10F3N3. The highest BCUT2D eigenvalue weighted by Gasteiger charge is 2.32. The van der Waals surface area contributed by atoms with Crippen molar-refractivity contribution in [2.75, 3.05) is 0 Å². The van der Waals surface area contributed by atoms with Crippen LogP contribution in [0.5, 0.6) is 0 Å². The number of halogens is 3. The average Bonchev–Trinajstić information content (AvgIpc) is 3.01. The fourth-order valence-electron chi connectivity index (χ4n) is 2.02. The zero-order valence-corrected chi connectivity index (χ0v) is 10.7. The molecule has 6 heteroatoms. The number of benzene rings is 1. The van der Waals surface area contributed by atoms with Crippen LogP contribution in [0.25, 0.3) is 22.4 Å². The first-order valence-corrected chi connectivity index (χ1v) is 6.17. The number of alkyl halides is 3. The summed E-state index contributed by atoms with van der Waals surface area (Å²) >= 11 is 0. The molecule has 0 amide bonds. The summed E-state index contributed by atoms with van der Waals surface area (Å²) in [6.07, 6.45) is -1.55. The summed E-state index contributed by atoms with van der Waals surface area (Å²) in [6, 6.07) is 11.7. The van der Waals surface area contributed by atoms with Gasteiger partial charge in [0.15, 0.2) is 0 Å². The molecular weight excluding hydrogens is 279 g/mol. The minimum Gasteiger partial charge on any atom is -0.278 e. The lowest BCUT2D eigenvalue weighted by atomic mass is 10.0. The molecule has 3 rings (SSSR count). The third-order valence-corrected chi connectivity index (χ3v) is 3.06. The van der Waals surface area contributed by atoms with E-state index in [4.69, 9.17) is 0 Å². The Morgan fingerprint density at radius 1 is 0.905 bits per heavy atom. The van der Waals surface area contributed by atoms with Gasteiger partial charge in [0.25, 0.3) is 0 Å². The molecule has 0 saturated heterocycles. The zero-order valence-electron chi connectivity index (χ0n) is 10.7. The molecule has 0 unspecified atom stereocenters. The Bertz CT molecular complexity index is 732. The molecule has 106 valence electrons. The van der Waals surface area contributed by atoms with Crippen molar-refractivity contribution in [1.29, 1.82) is 0 Å². The molecule has 0 aliphatic rings. The van der Waals surface area contributed by atoms with E-state index >= 15 is 0 Å². The second-order valence-corrected chi connectivity index (χ2v) is 4.48. The summed E-state index contributed by atoms with van der Waals surface area (Å²) in [4.78, 5) is 3.47. The Hall–Kier alpha value is -2.63. The molecule has 1 N–H and O–H groups in total. The SMILES string of the molecule is FC(F)(F)c1ccc(-c2cccc(-c3ccn[nH]3)c2)cn1. The molecule has 1 aromatic carbocycles. The van der Waals surface area contributed by atoms with Crippen molar-refractivity contribution in [3.05, 3.63) is 60.6 Å². The molecule has 2 aromatic heterocycles. The Morgan fingerprint density at radius 2 is 1.71 bits per heavy atom. The molecule has 0 aliphatic heterocycles. The lowest BCUT2D eigenvalue weighted by Gasteiger charge is -2.07. The summed E-state index contributed by atoms with van der Waals surface area (Å²) < 4.78 is 37.5. The third-order valence-electron chi connectivity index (χ3n) is 3.06. The molecule has 0 bridgehead atoms. The maximum absolute atomic E-state index is 12.5. The van der Waals surface area contributed by atoms with Crippen LogP contribution in [0.1, 0.15) is 5.69 Å². The summed E-state index contributed by atoms with van der Waals surface area (Å²) in [7, 11) is 0. The van der Waals surface area contributed by atoms with Gasteiger partial charge in [0.1, 0.15) is 5.69 Å².